The van der Waals surface area contributed by atoms with Crippen molar-refractivity contribution < 1.29 is 14.4 Å². The molecule has 1 aromatic heterocycles. The molecule has 6 nitrogen and oxygen atoms in total. The van der Waals surface area contributed by atoms with Gasteiger partial charge in [0, 0.05) is 22.9 Å². The first-order valence-electron chi connectivity index (χ1n) is 14.5. The van der Waals surface area contributed by atoms with E-state index in [1.807, 2.05) is 66.7 Å². The van der Waals surface area contributed by atoms with Gasteiger partial charge in [-0.2, -0.15) is 0 Å². The van der Waals surface area contributed by atoms with Crippen LogP contribution in [0, 0.1) is 0 Å². The van der Waals surface area contributed by atoms with Gasteiger partial charge < -0.3 is 14.4 Å². The van der Waals surface area contributed by atoms with Gasteiger partial charge in [0.25, 0.3) is 0 Å². The third-order valence-electron chi connectivity index (χ3n) is 7.24. The maximum Gasteiger partial charge on any atom is 0.167 e. The van der Waals surface area contributed by atoms with E-state index < -0.39 is 0 Å². The molecule has 44 heavy (non-hydrogen) atoms. The number of benzene rings is 5. The Labute approximate surface area is 261 Å². The first-order chi connectivity index (χ1) is 21.7. The molecule has 1 heterocycles. The van der Waals surface area contributed by atoms with Gasteiger partial charge in [-0.25, -0.2) is 15.0 Å². The van der Waals surface area contributed by atoms with Crippen molar-refractivity contribution in [2.45, 2.75) is 12.8 Å². The topological polar surface area (TPSA) is 88.4 Å². The van der Waals surface area contributed by atoms with Crippen LogP contribution in [-0.2, 0) is 0 Å². The van der Waals surface area contributed by atoms with Crippen molar-refractivity contribution in [3.8, 4) is 67.9 Å². The number of nitrogens with zero attached hydrogens (tertiary/aromatic N) is 3. The van der Waals surface area contributed by atoms with Gasteiger partial charge in [-0.1, -0.05) is 109 Å². The number of hydrogen-bond acceptors (Lipinski definition) is 7. The Kier molecular flexibility index (Phi) is 9.26. The molecule has 0 bridgehead atoms. The Balaban J connectivity index is 1.35. The number of unbranched alkanes of at least 4 members (excludes halogenated alkanes) is 1. The lowest BCUT2D eigenvalue weighted by atomic mass is 10.0. The van der Waals surface area contributed by atoms with Crippen molar-refractivity contribution in [1.29, 1.82) is 0 Å². The average Bonchev–Trinajstić information content (AvgIpc) is 3.09. The molecule has 0 spiro atoms. The van der Waals surface area contributed by atoms with Crippen LogP contribution in [0.5, 0.6) is 11.5 Å². The van der Waals surface area contributed by atoms with Crippen LogP contribution in [0.3, 0.4) is 0 Å². The molecule has 218 valence electrons. The van der Waals surface area contributed by atoms with Crippen LogP contribution in [0.25, 0.3) is 56.4 Å². The minimum Gasteiger partial charge on any atom is -0.507 e. The monoisotopic (exact) mass is 597 g/mol. The summed E-state index contributed by atoms with van der Waals surface area (Å²) in [6.07, 6.45) is 1.66. The lowest BCUT2D eigenvalue weighted by Crippen LogP contribution is -2.01. The van der Waals surface area contributed by atoms with Gasteiger partial charge in [-0.3, -0.25) is 0 Å². The minimum absolute atomic E-state index is 0.0235. The summed E-state index contributed by atoms with van der Waals surface area (Å²) in [4.78, 5) is 14.5. The number of ether oxygens (including phenoxy) is 1. The maximum atomic E-state index is 11.0. The number of aromatic nitrogens is 3. The molecule has 0 amide bonds. The number of aromatic hydroxyl groups is 1. The summed E-state index contributed by atoms with van der Waals surface area (Å²) in [5.41, 5.74) is 6.64. The van der Waals surface area contributed by atoms with E-state index in [1.165, 1.54) is 0 Å². The van der Waals surface area contributed by atoms with Crippen molar-refractivity contribution >= 4 is 12.0 Å². The molecule has 0 aliphatic carbocycles. The summed E-state index contributed by atoms with van der Waals surface area (Å²) in [5.74, 6) is 2.65. The smallest absolute Gasteiger partial charge is 0.167 e. The summed E-state index contributed by atoms with van der Waals surface area (Å²) in [7, 11) is 0. The quantitative estimate of drug-likeness (QED) is 0.114. The van der Waals surface area contributed by atoms with Crippen LogP contribution in [0.2, 0.25) is 0 Å². The van der Waals surface area contributed by atoms with Crippen LogP contribution in [0.1, 0.15) is 12.8 Å². The number of phenols is 1. The van der Waals surface area contributed by atoms with Crippen LogP contribution in [-0.4, -0.2) is 37.0 Å². The highest BCUT2D eigenvalue weighted by Gasteiger charge is 2.16. The number of phenolic OH excluding ortho intramolecular Hbond substituents is 1. The zero-order chi connectivity index (χ0) is 30.1. The summed E-state index contributed by atoms with van der Waals surface area (Å²) in [5, 5.41) is 11.0. The Morgan fingerprint density at radius 3 is 1.50 bits per heavy atom. The molecule has 0 unspecified atom stereocenters. The molecule has 0 aliphatic rings. The molecule has 0 saturated heterocycles. The van der Waals surface area contributed by atoms with Crippen LogP contribution >= 0.6 is 12.0 Å². The highest BCUT2D eigenvalue weighted by Crippen LogP contribution is 2.33. The maximum absolute atomic E-state index is 11.0. The second-order valence-corrected chi connectivity index (χ2v) is 10.9. The van der Waals surface area contributed by atoms with Crippen molar-refractivity contribution in [2.24, 2.45) is 0 Å². The van der Waals surface area contributed by atoms with E-state index in [9.17, 15) is 5.11 Å². The molecule has 0 fully saturated rings. The summed E-state index contributed by atoms with van der Waals surface area (Å²) < 4.78 is 14.7. The number of hydrogen-bond donors (Lipinski definition) is 2. The Bertz CT molecular complexity index is 1710. The minimum atomic E-state index is 0.0235. The van der Waals surface area contributed by atoms with E-state index in [0.29, 0.717) is 41.1 Å². The Morgan fingerprint density at radius 2 is 1.00 bits per heavy atom. The van der Waals surface area contributed by atoms with Gasteiger partial charge >= 0.3 is 0 Å². The molecule has 5 aromatic carbocycles. The molecule has 0 saturated carbocycles. The molecular weight excluding hydrogens is 566 g/mol. The molecule has 2 N–H and O–H groups in total. The second-order valence-electron chi connectivity index (χ2n) is 10.3. The van der Waals surface area contributed by atoms with E-state index in [0.717, 1.165) is 58.3 Å². The van der Waals surface area contributed by atoms with Gasteiger partial charge in [0.2, 0.25) is 0 Å². The van der Waals surface area contributed by atoms with E-state index >= 15 is 0 Å². The van der Waals surface area contributed by atoms with Gasteiger partial charge in [0.05, 0.1) is 12.2 Å². The normalized spacial score (nSPS) is 10.9. The fourth-order valence-electron chi connectivity index (χ4n) is 4.89. The third kappa shape index (κ3) is 6.97. The van der Waals surface area contributed by atoms with Crippen LogP contribution in [0.15, 0.2) is 127 Å². The first kappa shape index (κ1) is 29.1. The SMILES string of the molecule is OSCCCCOc1ccc(-c2nc(-c3ccc(-c4ccccc4)cc3)nc(-c3ccc(-c4ccccc4)cc3)n2)c(O)c1. The van der Waals surface area contributed by atoms with E-state index in [-0.39, 0.29) is 5.75 Å². The first-order valence-corrected chi connectivity index (χ1v) is 15.4. The molecule has 0 atom stereocenters. The predicted molar refractivity (Wildman–Crippen MR) is 178 cm³/mol. The Hall–Kier alpha value is -4.98. The largest absolute Gasteiger partial charge is 0.507 e. The van der Waals surface area contributed by atoms with E-state index in [1.54, 1.807) is 12.1 Å². The summed E-state index contributed by atoms with van der Waals surface area (Å²) in [6.45, 7) is 0.497. The molecule has 7 heteroatoms. The van der Waals surface area contributed by atoms with Crippen molar-refractivity contribution in [3.05, 3.63) is 127 Å². The molecule has 6 rings (SSSR count). The summed E-state index contributed by atoms with van der Waals surface area (Å²) >= 11 is 0.833. The van der Waals surface area contributed by atoms with Crippen molar-refractivity contribution in [2.75, 3.05) is 12.4 Å². The Morgan fingerprint density at radius 1 is 0.523 bits per heavy atom. The van der Waals surface area contributed by atoms with Crippen molar-refractivity contribution in [1.82, 2.24) is 15.0 Å². The highest BCUT2D eigenvalue weighted by molar-refractivity contribution is 7.93. The van der Waals surface area contributed by atoms with E-state index in [2.05, 4.69) is 48.5 Å². The van der Waals surface area contributed by atoms with Gasteiger partial charge in [0.15, 0.2) is 17.5 Å². The van der Waals surface area contributed by atoms with Crippen LogP contribution < -0.4 is 4.74 Å². The fourth-order valence-corrected chi connectivity index (χ4v) is 5.22. The highest BCUT2D eigenvalue weighted by atomic mass is 32.2. The van der Waals surface area contributed by atoms with Crippen LogP contribution in [0.4, 0.5) is 0 Å². The summed E-state index contributed by atoms with van der Waals surface area (Å²) in [6, 6.07) is 41.9. The number of rotatable bonds is 11. The predicted octanol–water partition coefficient (Wildman–Crippen LogP) is 9.28. The average molecular weight is 598 g/mol. The lowest BCUT2D eigenvalue weighted by molar-refractivity contribution is 0.308. The van der Waals surface area contributed by atoms with Crippen molar-refractivity contribution in [3.63, 3.8) is 0 Å². The van der Waals surface area contributed by atoms with Gasteiger partial charge in [-0.15, -0.1) is 0 Å². The lowest BCUT2D eigenvalue weighted by Gasteiger charge is -2.12. The van der Waals surface area contributed by atoms with Gasteiger partial charge in [-0.05, 0) is 59.3 Å². The van der Waals surface area contributed by atoms with E-state index in [4.69, 9.17) is 24.2 Å². The molecule has 0 aliphatic heterocycles. The molecule has 6 aromatic rings. The second kappa shape index (κ2) is 14.0. The van der Waals surface area contributed by atoms with Gasteiger partial charge in [0.1, 0.15) is 11.5 Å². The third-order valence-corrected chi connectivity index (χ3v) is 7.72. The standard InChI is InChI=1S/C37H31N3O3S/c41-34-25-32(43-23-7-8-24-44-42)21-22-33(34)37-39-35(30-17-13-28(14-18-30)26-9-3-1-4-10-26)38-36(40-37)31-19-15-29(16-20-31)27-11-5-2-6-12-27/h1-6,9-22,25,41-42H,7-8,23-24H2. The zero-order valence-corrected chi connectivity index (χ0v) is 24.8. The zero-order valence-electron chi connectivity index (χ0n) is 24.0. The molecular formula is C37H31N3O3S. The fraction of sp³-hybridized carbons (Fsp3) is 0.108. The molecule has 0 radical (unpaired) electrons.